The number of carbonyl (C=O) groups is 1. The molecule has 8 nitrogen and oxygen atoms in total. The fourth-order valence-electron chi connectivity index (χ4n) is 2.83. The monoisotopic (exact) mass is 405 g/mol. The third kappa shape index (κ3) is 4.66. The molecule has 1 N–H and O–H groups in total. The molecule has 0 aliphatic rings. The summed E-state index contributed by atoms with van der Waals surface area (Å²) in [5.41, 5.74) is 2.71. The molecule has 9 heteroatoms. The lowest BCUT2D eigenvalue weighted by atomic mass is 10.1. The Labute approximate surface area is 164 Å². The number of carbonyl (C=O) groups excluding carboxylic acids is 1. The van der Waals surface area contributed by atoms with Crippen molar-refractivity contribution in [2.75, 3.05) is 15.9 Å². The molecule has 0 bridgehead atoms. The second-order valence-electron chi connectivity index (χ2n) is 6.77. The van der Waals surface area contributed by atoms with Crippen LogP contribution in [0.25, 0.3) is 0 Å². The van der Waals surface area contributed by atoms with Gasteiger partial charge in [0.15, 0.2) is 0 Å². The molecule has 0 fully saturated rings. The first-order chi connectivity index (χ1) is 12.9. The number of non-ortho nitro benzene ring substituents is 1. The molecule has 2 aromatic rings. The Balaban J connectivity index is 2.42. The van der Waals surface area contributed by atoms with Crippen LogP contribution in [0.3, 0.4) is 0 Å². The van der Waals surface area contributed by atoms with Gasteiger partial charge >= 0.3 is 0 Å². The molecule has 0 spiro atoms. The minimum absolute atomic E-state index is 0.164. The maximum absolute atomic E-state index is 12.8. The van der Waals surface area contributed by atoms with E-state index in [4.69, 9.17) is 0 Å². The van der Waals surface area contributed by atoms with Crippen LogP contribution in [0.2, 0.25) is 0 Å². The smallest absolute Gasteiger partial charge is 0.271 e. The molecule has 0 aromatic heterocycles. The molecule has 0 saturated heterocycles. The lowest BCUT2D eigenvalue weighted by Gasteiger charge is -2.30. The molecule has 150 valence electrons. The third-order valence-corrected chi connectivity index (χ3v) is 5.61. The van der Waals surface area contributed by atoms with Gasteiger partial charge < -0.3 is 5.32 Å². The van der Waals surface area contributed by atoms with Crippen LogP contribution in [0.4, 0.5) is 17.1 Å². The number of amides is 1. The summed E-state index contributed by atoms with van der Waals surface area (Å²) in [6, 6.07) is 8.41. The summed E-state index contributed by atoms with van der Waals surface area (Å²) in [7, 11) is -3.76. The molecule has 1 amide bonds. The molecular weight excluding hydrogens is 382 g/mol. The molecular formula is C19H23N3O5S. The van der Waals surface area contributed by atoms with Crippen LogP contribution >= 0.6 is 0 Å². The molecule has 2 aromatic carbocycles. The Morgan fingerprint density at radius 3 is 2.29 bits per heavy atom. The second-order valence-corrected chi connectivity index (χ2v) is 8.63. The summed E-state index contributed by atoms with van der Waals surface area (Å²) in [5, 5.41) is 13.6. The van der Waals surface area contributed by atoms with Crippen molar-refractivity contribution in [2.45, 2.75) is 33.7 Å². The van der Waals surface area contributed by atoms with E-state index in [2.05, 4.69) is 5.32 Å². The van der Waals surface area contributed by atoms with Crippen LogP contribution in [0, 0.1) is 30.9 Å². The van der Waals surface area contributed by atoms with Crippen molar-refractivity contribution in [3.63, 3.8) is 0 Å². The minimum Gasteiger partial charge on any atom is -0.324 e. The molecule has 1 atom stereocenters. The van der Waals surface area contributed by atoms with Gasteiger partial charge in [0, 0.05) is 12.1 Å². The van der Waals surface area contributed by atoms with E-state index in [1.165, 1.54) is 25.1 Å². The number of anilines is 2. The minimum atomic E-state index is -3.76. The number of nitrogens with zero attached hydrogens (tertiary/aromatic N) is 2. The van der Waals surface area contributed by atoms with Crippen molar-refractivity contribution in [1.82, 2.24) is 0 Å². The Bertz CT molecular complexity index is 1030. The van der Waals surface area contributed by atoms with Crippen molar-refractivity contribution < 1.29 is 18.1 Å². The van der Waals surface area contributed by atoms with E-state index in [1.807, 2.05) is 13.0 Å². The highest BCUT2D eigenvalue weighted by molar-refractivity contribution is 7.92. The lowest BCUT2D eigenvalue weighted by Crippen LogP contribution is -2.45. The number of benzene rings is 2. The predicted molar refractivity (Wildman–Crippen MR) is 109 cm³/mol. The predicted octanol–water partition coefficient (Wildman–Crippen LogP) is 3.31. The molecule has 28 heavy (non-hydrogen) atoms. The van der Waals surface area contributed by atoms with Gasteiger partial charge in [-0.2, -0.15) is 0 Å². The number of sulfonamides is 1. The van der Waals surface area contributed by atoms with Gasteiger partial charge in [-0.15, -0.1) is 0 Å². The highest BCUT2D eigenvalue weighted by atomic mass is 32.2. The van der Waals surface area contributed by atoms with Crippen LogP contribution in [0.5, 0.6) is 0 Å². The van der Waals surface area contributed by atoms with Gasteiger partial charge in [-0.05, 0) is 50.5 Å². The maximum Gasteiger partial charge on any atom is 0.271 e. The second kappa shape index (κ2) is 7.97. The molecule has 2 rings (SSSR count). The van der Waals surface area contributed by atoms with Crippen molar-refractivity contribution in [1.29, 1.82) is 0 Å². The normalized spacial score (nSPS) is 12.3. The van der Waals surface area contributed by atoms with Gasteiger partial charge in [-0.1, -0.05) is 18.2 Å². The number of aryl methyl sites for hydroxylation is 3. The maximum atomic E-state index is 12.8. The first-order valence-electron chi connectivity index (χ1n) is 8.54. The van der Waals surface area contributed by atoms with E-state index in [0.717, 1.165) is 16.1 Å². The largest absolute Gasteiger partial charge is 0.324 e. The quantitative estimate of drug-likeness (QED) is 0.586. The van der Waals surface area contributed by atoms with E-state index in [-0.39, 0.29) is 11.4 Å². The van der Waals surface area contributed by atoms with Gasteiger partial charge in [0.1, 0.15) is 6.04 Å². The van der Waals surface area contributed by atoms with Gasteiger partial charge in [-0.3, -0.25) is 19.2 Å². The van der Waals surface area contributed by atoms with Crippen LogP contribution in [0.1, 0.15) is 23.6 Å². The zero-order valence-electron chi connectivity index (χ0n) is 16.4. The van der Waals surface area contributed by atoms with E-state index in [9.17, 15) is 23.3 Å². The zero-order valence-corrected chi connectivity index (χ0v) is 17.2. The molecule has 1 unspecified atom stereocenters. The first kappa shape index (κ1) is 21.4. The number of hydrogen-bond acceptors (Lipinski definition) is 5. The SMILES string of the molecule is Cc1ccc(C)c(N(C(C)C(=O)Nc2cc([N+](=O)[O-])ccc2C)S(C)(=O)=O)c1. The van der Waals surface area contributed by atoms with Gasteiger partial charge in [-0.25, -0.2) is 8.42 Å². The van der Waals surface area contributed by atoms with Crippen molar-refractivity contribution >= 4 is 33.0 Å². The topological polar surface area (TPSA) is 110 Å². The first-order valence-corrected chi connectivity index (χ1v) is 10.4. The van der Waals surface area contributed by atoms with Crippen molar-refractivity contribution in [3.8, 4) is 0 Å². The third-order valence-electron chi connectivity index (χ3n) is 4.38. The fourth-order valence-corrected chi connectivity index (χ4v) is 4.06. The Hall–Kier alpha value is -2.94. The Kier molecular flexibility index (Phi) is 6.08. The highest BCUT2D eigenvalue weighted by Crippen LogP contribution is 2.27. The Morgan fingerprint density at radius 1 is 1.11 bits per heavy atom. The van der Waals surface area contributed by atoms with Crippen LogP contribution in [0.15, 0.2) is 36.4 Å². The van der Waals surface area contributed by atoms with E-state index >= 15 is 0 Å². The molecule has 0 radical (unpaired) electrons. The van der Waals surface area contributed by atoms with E-state index < -0.39 is 26.9 Å². The average Bonchev–Trinajstić information content (AvgIpc) is 2.58. The Morgan fingerprint density at radius 2 is 1.71 bits per heavy atom. The van der Waals surface area contributed by atoms with E-state index in [1.54, 1.807) is 26.0 Å². The summed E-state index contributed by atoms with van der Waals surface area (Å²) >= 11 is 0. The number of rotatable bonds is 6. The molecule has 0 heterocycles. The number of nitro groups is 1. The van der Waals surface area contributed by atoms with Crippen LogP contribution < -0.4 is 9.62 Å². The average molecular weight is 405 g/mol. The summed E-state index contributed by atoms with van der Waals surface area (Å²) in [6.07, 6.45) is 1.04. The highest BCUT2D eigenvalue weighted by Gasteiger charge is 2.30. The molecule has 0 aliphatic heterocycles. The van der Waals surface area contributed by atoms with Crippen molar-refractivity contribution in [3.05, 3.63) is 63.2 Å². The van der Waals surface area contributed by atoms with Crippen LogP contribution in [-0.4, -0.2) is 31.5 Å². The van der Waals surface area contributed by atoms with Gasteiger partial charge in [0.05, 0.1) is 22.6 Å². The standard InChI is InChI=1S/C19H23N3O5S/c1-12-6-7-14(3)18(10-12)21(28(5,26)27)15(4)19(23)20-17-11-16(22(24)25)9-8-13(17)2/h6-11,15H,1-5H3,(H,20,23). The summed E-state index contributed by atoms with van der Waals surface area (Å²) in [4.78, 5) is 23.2. The number of hydrogen-bond donors (Lipinski definition) is 1. The van der Waals surface area contributed by atoms with Gasteiger partial charge in [0.25, 0.3) is 5.69 Å². The van der Waals surface area contributed by atoms with Crippen LogP contribution in [-0.2, 0) is 14.8 Å². The summed E-state index contributed by atoms with van der Waals surface area (Å²) < 4.78 is 26.0. The zero-order chi connectivity index (χ0) is 21.2. The number of nitro benzene ring substituents is 1. The number of nitrogens with one attached hydrogen (secondary N) is 1. The molecule has 0 saturated carbocycles. The van der Waals surface area contributed by atoms with Crippen molar-refractivity contribution in [2.24, 2.45) is 0 Å². The lowest BCUT2D eigenvalue weighted by molar-refractivity contribution is -0.384. The summed E-state index contributed by atoms with van der Waals surface area (Å²) in [6.45, 7) is 6.77. The molecule has 0 aliphatic carbocycles. The van der Waals surface area contributed by atoms with Gasteiger partial charge in [0.2, 0.25) is 15.9 Å². The fraction of sp³-hybridized carbons (Fsp3) is 0.316. The summed E-state index contributed by atoms with van der Waals surface area (Å²) in [5.74, 6) is -0.588. The van der Waals surface area contributed by atoms with E-state index in [0.29, 0.717) is 16.8 Å².